The molecule has 2 aromatic heterocycles. The number of carbonyl (C=O) groups excluding carboxylic acids is 1. The molecular weight excluding hydrogens is 364 g/mol. The van der Waals surface area contributed by atoms with Gasteiger partial charge in [-0.25, -0.2) is 0 Å². The topological polar surface area (TPSA) is 73.0 Å². The molecule has 6 nitrogen and oxygen atoms in total. The molecule has 0 aliphatic rings. The van der Waals surface area contributed by atoms with Crippen LogP contribution in [-0.4, -0.2) is 20.6 Å². The van der Waals surface area contributed by atoms with Gasteiger partial charge < -0.3 is 14.4 Å². The summed E-state index contributed by atoms with van der Waals surface area (Å²) in [4.78, 5) is 16.9. The van der Waals surface area contributed by atoms with Gasteiger partial charge in [0.05, 0.1) is 0 Å². The normalized spacial score (nSPS) is 10.8. The van der Waals surface area contributed by atoms with E-state index in [1.54, 1.807) is 4.57 Å². The highest BCUT2D eigenvalue weighted by Crippen LogP contribution is 2.23. The number of nitrogens with zero attached hydrogens (tertiary/aromatic N) is 3. The van der Waals surface area contributed by atoms with Crippen molar-refractivity contribution in [2.24, 2.45) is 0 Å². The zero-order chi connectivity index (χ0) is 20.2. The van der Waals surface area contributed by atoms with E-state index in [9.17, 15) is 4.79 Å². The predicted molar refractivity (Wildman–Crippen MR) is 111 cm³/mol. The second kappa shape index (κ2) is 8.14. The predicted octanol–water partition coefficient (Wildman–Crippen LogP) is 4.14. The highest BCUT2D eigenvalue weighted by molar-refractivity contribution is 5.76. The molecule has 0 spiro atoms. The van der Waals surface area contributed by atoms with Gasteiger partial charge in [-0.05, 0) is 31.5 Å². The third-order valence-electron chi connectivity index (χ3n) is 4.67. The average molecular weight is 386 g/mol. The van der Waals surface area contributed by atoms with E-state index in [0.717, 1.165) is 11.1 Å². The van der Waals surface area contributed by atoms with E-state index in [1.807, 2.05) is 74.6 Å². The molecule has 0 aliphatic carbocycles. The summed E-state index contributed by atoms with van der Waals surface area (Å²) in [6.45, 7) is 4.74. The summed E-state index contributed by atoms with van der Waals surface area (Å²) in [5.41, 5.74) is 5.01. The number of benzene rings is 2. The second-order valence-corrected chi connectivity index (χ2v) is 7.08. The van der Waals surface area contributed by atoms with Crippen LogP contribution in [0.25, 0.3) is 23.0 Å². The second-order valence-electron chi connectivity index (χ2n) is 7.08. The van der Waals surface area contributed by atoms with E-state index in [1.165, 1.54) is 11.1 Å². The molecule has 0 fully saturated rings. The maximum atomic E-state index is 12.4. The van der Waals surface area contributed by atoms with Crippen LogP contribution in [0.2, 0.25) is 0 Å². The van der Waals surface area contributed by atoms with Crippen molar-refractivity contribution in [3.8, 4) is 23.0 Å². The lowest BCUT2D eigenvalue weighted by Gasteiger charge is -2.08. The Labute approximate surface area is 169 Å². The Kier molecular flexibility index (Phi) is 5.24. The summed E-state index contributed by atoms with van der Waals surface area (Å²) >= 11 is 0. The van der Waals surface area contributed by atoms with Gasteiger partial charge in [0, 0.05) is 18.3 Å². The molecule has 0 saturated carbocycles. The fourth-order valence-electron chi connectivity index (χ4n) is 3.13. The first-order valence-electron chi connectivity index (χ1n) is 9.47. The number of hydrogen-bond acceptors (Lipinski definition) is 4. The number of rotatable bonds is 6. The van der Waals surface area contributed by atoms with Crippen molar-refractivity contribution in [2.75, 3.05) is 0 Å². The van der Waals surface area contributed by atoms with Gasteiger partial charge >= 0.3 is 0 Å². The maximum Gasteiger partial charge on any atom is 0.274 e. The Bertz CT molecular complexity index is 1130. The van der Waals surface area contributed by atoms with Crippen molar-refractivity contribution in [1.82, 2.24) is 20.0 Å². The Morgan fingerprint density at radius 3 is 2.66 bits per heavy atom. The first-order chi connectivity index (χ1) is 14.1. The van der Waals surface area contributed by atoms with Crippen LogP contribution in [0.3, 0.4) is 0 Å². The monoisotopic (exact) mass is 386 g/mol. The molecule has 146 valence electrons. The third-order valence-corrected chi connectivity index (χ3v) is 4.67. The Hall–Kier alpha value is -3.67. The van der Waals surface area contributed by atoms with E-state index < -0.39 is 0 Å². The molecule has 2 heterocycles. The zero-order valence-electron chi connectivity index (χ0n) is 16.4. The van der Waals surface area contributed by atoms with E-state index in [-0.39, 0.29) is 12.5 Å². The van der Waals surface area contributed by atoms with Crippen LogP contribution in [0.1, 0.15) is 16.7 Å². The minimum Gasteiger partial charge on any atom is -0.350 e. The van der Waals surface area contributed by atoms with Crippen molar-refractivity contribution in [3.63, 3.8) is 0 Å². The lowest BCUT2D eigenvalue weighted by Crippen LogP contribution is -2.27. The zero-order valence-corrected chi connectivity index (χ0v) is 16.4. The molecule has 0 atom stereocenters. The van der Waals surface area contributed by atoms with Gasteiger partial charge in [0.15, 0.2) is 0 Å². The minimum absolute atomic E-state index is 0.0813. The summed E-state index contributed by atoms with van der Waals surface area (Å²) in [5, 5.41) is 7.03. The molecule has 0 aliphatic heterocycles. The molecule has 1 N–H and O–H groups in total. The quantitative estimate of drug-likeness (QED) is 0.541. The lowest BCUT2D eigenvalue weighted by atomic mass is 10.1. The van der Waals surface area contributed by atoms with E-state index >= 15 is 0 Å². The van der Waals surface area contributed by atoms with Gasteiger partial charge in [-0.3, -0.25) is 4.79 Å². The first-order valence-corrected chi connectivity index (χ1v) is 9.47. The van der Waals surface area contributed by atoms with Crippen LogP contribution in [0, 0.1) is 13.8 Å². The Morgan fingerprint density at radius 1 is 1.03 bits per heavy atom. The summed E-state index contributed by atoms with van der Waals surface area (Å²) < 4.78 is 7.25. The summed E-state index contributed by atoms with van der Waals surface area (Å²) in [6, 6.07) is 19.7. The molecule has 0 bridgehead atoms. The van der Waals surface area contributed by atoms with Crippen molar-refractivity contribution in [2.45, 2.75) is 26.9 Å². The lowest BCUT2D eigenvalue weighted by molar-refractivity contribution is -0.121. The molecule has 6 heteroatoms. The molecule has 29 heavy (non-hydrogen) atoms. The fraction of sp³-hybridized carbons (Fsp3) is 0.174. The van der Waals surface area contributed by atoms with Crippen molar-refractivity contribution in [3.05, 3.63) is 83.6 Å². The first kappa shape index (κ1) is 18.7. The number of carbonyl (C=O) groups is 1. The average Bonchev–Trinajstić information content (AvgIpc) is 3.36. The highest BCUT2D eigenvalue weighted by atomic mass is 16.5. The van der Waals surface area contributed by atoms with Crippen LogP contribution in [0.4, 0.5) is 0 Å². The molecule has 0 saturated heterocycles. The number of aryl methyl sites for hydroxylation is 2. The number of aromatic nitrogens is 3. The number of nitrogens with one attached hydrogen (secondary N) is 1. The SMILES string of the molecule is Cc1ccc(-c2noc(-c3cccn3CC(=O)NCc3cccc(C)c3)n2)cc1. The standard InChI is InChI=1S/C23H22N4O2/c1-16-8-10-19(11-9-16)22-25-23(29-26-22)20-7-4-12-27(20)15-21(28)24-14-18-6-3-5-17(2)13-18/h3-13H,14-15H2,1-2H3,(H,24,28). The van der Waals surface area contributed by atoms with Crippen LogP contribution < -0.4 is 5.32 Å². The highest BCUT2D eigenvalue weighted by Gasteiger charge is 2.15. The number of amides is 1. The molecule has 1 amide bonds. The smallest absolute Gasteiger partial charge is 0.274 e. The third kappa shape index (κ3) is 4.43. The van der Waals surface area contributed by atoms with Gasteiger partial charge in [-0.15, -0.1) is 0 Å². The van der Waals surface area contributed by atoms with E-state index in [4.69, 9.17) is 4.52 Å². The van der Waals surface area contributed by atoms with Crippen LogP contribution >= 0.6 is 0 Å². The van der Waals surface area contributed by atoms with E-state index in [2.05, 4.69) is 21.5 Å². The molecule has 4 rings (SSSR count). The van der Waals surface area contributed by atoms with Gasteiger partial charge in [0.1, 0.15) is 12.2 Å². The fourth-order valence-corrected chi connectivity index (χ4v) is 3.13. The molecule has 2 aromatic carbocycles. The largest absolute Gasteiger partial charge is 0.350 e. The number of hydrogen-bond donors (Lipinski definition) is 1. The van der Waals surface area contributed by atoms with Crippen LogP contribution in [0.15, 0.2) is 71.4 Å². The maximum absolute atomic E-state index is 12.4. The van der Waals surface area contributed by atoms with Gasteiger partial charge in [0.2, 0.25) is 11.7 Å². The van der Waals surface area contributed by atoms with Gasteiger partial charge in [-0.2, -0.15) is 4.98 Å². The molecule has 0 unspecified atom stereocenters. The van der Waals surface area contributed by atoms with Crippen LogP contribution in [0.5, 0.6) is 0 Å². The van der Waals surface area contributed by atoms with Gasteiger partial charge in [0.25, 0.3) is 5.89 Å². The summed E-state index contributed by atoms with van der Waals surface area (Å²) in [7, 11) is 0. The molecule has 0 radical (unpaired) electrons. The van der Waals surface area contributed by atoms with Crippen molar-refractivity contribution in [1.29, 1.82) is 0 Å². The molecular formula is C23H22N4O2. The minimum atomic E-state index is -0.0813. The van der Waals surface area contributed by atoms with Gasteiger partial charge in [-0.1, -0.05) is 64.8 Å². The molecule has 4 aromatic rings. The van der Waals surface area contributed by atoms with Crippen molar-refractivity contribution >= 4 is 5.91 Å². The van der Waals surface area contributed by atoms with Crippen LogP contribution in [-0.2, 0) is 17.9 Å². The van der Waals surface area contributed by atoms with E-state index in [0.29, 0.717) is 24.0 Å². The summed E-state index contributed by atoms with van der Waals surface area (Å²) in [6.07, 6.45) is 1.83. The Morgan fingerprint density at radius 2 is 1.86 bits per heavy atom. The summed E-state index contributed by atoms with van der Waals surface area (Å²) in [5.74, 6) is 0.830. The van der Waals surface area contributed by atoms with Crippen molar-refractivity contribution < 1.29 is 9.32 Å². The Balaban J connectivity index is 1.44.